The summed E-state index contributed by atoms with van der Waals surface area (Å²) < 4.78 is 19.5. The summed E-state index contributed by atoms with van der Waals surface area (Å²) in [6.07, 6.45) is 3.65. The summed E-state index contributed by atoms with van der Waals surface area (Å²) in [6.45, 7) is 11.0. The molecular weight excluding hydrogens is 448 g/mol. The van der Waals surface area contributed by atoms with Crippen LogP contribution in [0.15, 0.2) is 46.5 Å². The maximum absolute atomic E-state index is 13.4. The van der Waals surface area contributed by atoms with Gasteiger partial charge in [-0.05, 0) is 43.2 Å². The fourth-order valence-corrected chi connectivity index (χ4v) is 4.62. The number of ether oxygens (including phenoxy) is 3. The molecule has 0 N–H and O–H groups in total. The van der Waals surface area contributed by atoms with Gasteiger partial charge in [-0.3, -0.25) is 14.5 Å². The number of hydrogen-bond acceptors (Lipinski definition) is 8. The average Bonchev–Trinajstić information content (AvgIpc) is 3.31. The Kier molecular flexibility index (Phi) is 7.32. The van der Waals surface area contributed by atoms with Crippen LogP contribution in [0.3, 0.4) is 0 Å². The monoisotopic (exact) mass is 480 g/mol. The van der Waals surface area contributed by atoms with Gasteiger partial charge < -0.3 is 14.2 Å². The van der Waals surface area contributed by atoms with Crippen molar-refractivity contribution in [2.75, 3.05) is 40.9 Å². The molecule has 4 rings (SSSR count). The normalized spacial score (nSPS) is 19.9. The van der Waals surface area contributed by atoms with Crippen LogP contribution in [0.5, 0.6) is 11.5 Å². The predicted octanol–water partition coefficient (Wildman–Crippen LogP) is 0.652. The Morgan fingerprint density at radius 1 is 1.20 bits per heavy atom. The van der Waals surface area contributed by atoms with Crippen molar-refractivity contribution >= 4 is 11.7 Å². The molecule has 2 atom stereocenters. The van der Waals surface area contributed by atoms with E-state index in [-0.39, 0.29) is 24.4 Å². The van der Waals surface area contributed by atoms with Crippen LogP contribution < -0.4 is 25.9 Å². The molecule has 2 aromatic heterocycles. The molecule has 0 amide bonds. The van der Waals surface area contributed by atoms with Gasteiger partial charge in [-0.2, -0.15) is 9.61 Å². The molecule has 1 saturated heterocycles. The zero-order chi connectivity index (χ0) is 25.1. The second kappa shape index (κ2) is 10.4. The molecule has 1 aliphatic rings. The van der Waals surface area contributed by atoms with Crippen LogP contribution in [0, 0.1) is 0 Å². The highest BCUT2D eigenvalue weighted by molar-refractivity contribution is 5.53. The lowest BCUT2D eigenvalue weighted by Crippen LogP contribution is -2.48. The predicted molar refractivity (Wildman–Crippen MR) is 133 cm³/mol. The van der Waals surface area contributed by atoms with E-state index in [2.05, 4.69) is 40.4 Å². The number of hydrogen-bond donors (Lipinski definition) is 0. The number of rotatable bonds is 7. The van der Waals surface area contributed by atoms with Crippen molar-refractivity contribution in [3.63, 3.8) is 0 Å². The Morgan fingerprint density at radius 2 is 1.86 bits per heavy atom. The Morgan fingerprint density at radius 3 is 2.46 bits per heavy atom. The SMILES string of the molecule is C=C(/C=c1\c(=N/C)n(Cc2cc(OC)cc(OC)c2)c(=O)n2ncnc12)CN1C[C@@H](C)O[C@@H](C)C1. The summed E-state index contributed by atoms with van der Waals surface area (Å²) in [4.78, 5) is 24.5. The largest absolute Gasteiger partial charge is 0.497 e. The highest BCUT2D eigenvalue weighted by Gasteiger charge is 2.22. The molecular formula is C25H32N6O4. The molecule has 10 nitrogen and oxygen atoms in total. The standard InChI is InChI=1S/C25H32N6O4/c1-16(11-29-12-17(2)35-18(3)13-29)7-22-23(26-4)30(25(32)31-24(22)27-15-28-31)14-19-8-20(33-5)10-21(9-19)34-6/h7-10,15,17-18H,1,11-14H2,2-6H3/b22-7+,26-23+/t17-,18+. The zero-order valence-corrected chi connectivity index (χ0v) is 20.9. The highest BCUT2D eigenvalue weighted by Crippen LogP contribution is 2.22. The van der Waals surface area contributed by atoms with E-state index in [1.807, 2.05) is 18.2 Å². The van der Waals surface area contributed by atoms with E-state index in [0.717, 1.165) is 24.2 Å². The Hall–Kier alpha value is -3.50. The topological polar surface area (TPSA) is 95.5 Å². The third-order valence-corrected chi connectivity index (χ3v) is 5.93. The molecule has 0 saturated carbocycles. The number of fused-ring (bicyclic) bond motifs is 1. The molecule has 186 valence electrons. The summed E-state index contributed by atoms with van der Waals surface area (Å²) >= 11 is 0. The molecule has 1 aromatic carbocycles. The van der Waals surface area contributed by atoms with Gasteiger partial charge in [0.05, 0.1) is 38.2 Å². The Balaban J connectivity index is 1.79. The van der Waals surface area contributed by atoms with Crippen molar-refractivity contribution in [2.45, 2.75) is 32.6 Å². The van der Waals surface area contributed by atoms with Crippen molar-refractivity contribution in [1.82, 2.24) is 24.1 Å². The molecule has 0 unspecified atom stereocenters. The Labute approximate surface area is 203 Å². The molecule has 0 aliphatic carbocycles. The van der Waals surface area contributed by atoms with Gasteiger partial charge in [0, 0.05) is 32.7 Å². The van der Waals surface area contributed by atoms with Crippen molar-refractivity contribution in [1.29, 1.82) is 0 Å². The van der Waals surface area contributed by atoms with Gasteiger partial charge in [-0.15, -0.1) is 0 Å². The summed E-state index contributed by atoms with van der Waals surface area (Å²) in [5.74, 6) is 1.27. The first kappa shape index (κ1) is 24.6. The van der Waals surface area contributed by atoms with E-state index in [1.165, 1.54) is 10.8 Å². The van der Waals surface area contributed by atoms with Crippen molar-refractivity contribution in [3.05, 3.63) is 63.4 Å². The quantitative estimate of drug-likeness (QED) is 0.490. The molecule has 3 aromatic rings. The third kappa shape index (κ3) is 5.28. The summed E-state index contributed by atoms with van der Waals surface area (Å²) in [5.41, 5.74) is 2.32. The minimum Gasteiger partial charge on any atom is -0.497 e. The number of benzene rings is 1. The fraction of sp³-hybridized carbons (Fsp3) is 0.440. The number of aromatic nitrogens is 4. The van der Waals surface area contributed by atoms with Crippen LogP contribution >= 0.6 is 0 Å². The lowest BCUT2D eigenvalue weighted by Gasteiger charge is -2.35. The molecule has 1 fully saturated rings. The van der Waals surface area contributed by atoms with E-state index in [0.29, 0.717) is 34.4 Å². The second-order valence-electron chi connectivity index (χ2n) is 8.80. The van der Waals surface area contributed by atoms with Crippen LogP contribution in [0.4, 0.5) is 0 Å². The maximum atomic E-state index is 13.4. The first-order chi connectivity index (χ1) is 16.8. The van der Waals surface area contributed by atoms with Gasteiger partial charge in [0.25, 0.3) is 0 Å². The van der Waals surface area contributed by atoms with Crippen molar-refractivity contribution < 1.29 is 14.2 Å². The molecule has 1 aliphatic heterocycles. The number of morpholine rings is 1. The van der Waals surface area contributed by atoms with E-state index in [9.17, 15) is 4.79 Å². The fourth-order valence-electron chi connectivity index (χ4n) is 4.62. The van der Waals surface area contributed by atoms with Crippen molar-refractivity contribution in [2.24, 2.45) is 4.99 Å². The number of nitrogens with zero attached hydrogens (tertiary/aromatic N) is 6. The third-order valence-electron chi connectivity index (χ3n) is 5.93. The first-order valence-corrected chi connectivity index (χ1v) is 11.5. The second-order valence-corrected chi connectivity index (χ2v) is 8.80. The highest BCUT2D eigenvalue weighted by atomic mass is 16.5. The van der Waals surface area contributed by atoms with Gasteiger partial charge in [-0.1, -0.05) is 6.58 Å². The van der Waals surface area contributed by atoms with E-state index in [1.54, 1.807) is 31.9 Å². The summed E-state index contributed by atoms with van der Waals surface area (Å²) in [6, 6.07) is 5.51. The minimum atomic E-state index is -0.335. The first-order valence-electron chi connectivity index (χ1n) is 11.5. The molecule has 0 bridgehead atoms. The lowest BCUT2D eigenvalue weighted by molar-refractivity contribution is -0.0649. The van der Waals surface area contributed by atoms with Crippen LogP contribution in [-0.2, 0) is 11.3 Å². The summed E-state index contributed by atoms with van der Waals surface area (Å²) in [5, 5.41) is 4.86. The molecule has 35 heavy (non-hydrogen) atoms. The van der Waals surface area contributed by atoms with Crippen LogP contribution in [0.2, 0.25) is 0 Å². The van der Waals surface area contributed by atoms with Gasteiger partial charge in [0.15, 0.2) is 5.65 Å². The summed E-state index contributed by atoms with van der Waals surface area (Å²) in [7, 11) is 4.84. The van der Waals surface area contributed by atoms with Crippen LogP contribution in [0.1, 0.15) is 19.4 Å². The van der Waals surface area contributed by atoms with Gasteiger partial charge >= 0.3 is 5.69 Å². The van der Waals surface area contributed by atoms with Crippen LogP contribution in [0.25, 0.3) is 11.7 Å². The Bertz CT molecular complexity index is 1380. The molecule has 0 spiro atoms. The minimum absolute atomic E-state index is 0.165. The lowest BCUT2D eigenvalue weighted by atomic mass is 10.1. The molecule has 10 heteroatoms. The van der Waals surface area contributed by atoms with E-state index < -0.39 is 0 Å². The number of methoxy groups -OCH3 is 2. The average molecular weight is 481 g/mol. The maximum Gasteiger partial charge on any atom is 0.352 e. The van der Waals surface area contributed by atoms with E-state index in [4.69, 9.17) is 14.2 Å². The molecule has 0 radical (unpaired) electrons. The zero-order valence-electron chi connectivity index (χ0n) is 20.9. The van der Waals surface area contributed by atoms with Gasteiger partial charge in [0.2, 0.25) is 0 Å². The smallest absolute Gasteiger partial charge is 0.352 e. The van der Waals surface area contributed by atoms with Crippen LogP contribution in [-0.4, -0.2) is 77.2 Å². The molecule has 3 heterocycles. The van der Waals surface area contributed by atoms with E-state index >= 15 is 0 Å². The van der Waals surface area contributed by atoms with Gasteiger partial charge in [-0.25, -0.2) is 9.78 Å². The van der Waals surface area contributed by atoms with Crippen molar-refractivity contribution in [3.8, 4) is 11.5 Å². The van der Waals surface area contributed by atoms with Gasteiger partial charge in [0.1, 0.15) is 23.3 Å².